The highest BCUT2D eigenvalue weighted by molar-refractivity contribution is 6.42. The third kappa shape index (κ3) is 5.08. The third-order valence-corrected chi connectivity index (χ3v) is 8.58. The number of nitriles is 1. The molecule has 3 aromatic carbocycles. The van der Waals surface area contributed by atoms with E-state index in [1.54, 1.807) is 29.2 Å². The van der Waals surface area contributed by atoms with E-state index in [1.165, 1.54) is 0 Å². The van der Waals surface area contributed by atoms with E-state index in [0.29, 0.717) is 57.8 Å². The molecule has 0 aromatic heterocycles. The Morgan fingerprint density at radius 1 is 1.02 bits per heavy atom. The van der Waals surface area contributed by atoms with E-state index in [4.69, 9.17) is 45.3 Å². The largest absolute Gasteiger partial charge is 0.489 e. The van der Waals surface area contributed by atoms with Crippen molar-refractivity contribution in [2.24, 2.45) is 5.73 Å². The van der Waals surface area contributed by atoms with Gasteiger partial charge in [0.1, 0.15) is 18.2 Å². The molecule has 1 heterocycles. The fourth-order valence-corrected chi connectivity index (χ4v) is 6.18. The van der Waals surface area contributed by atoms with Gasteiger partial charge in [0.15, 0.2) is 5.78 Å². The quantitative estimate of drug-likeness (QED) is 0.321. The van der Waals surface area contributed by atoms with Crippen molar-refractivity contribution in [3.8, 4) is 11.8 Å². The number of carbonyl (C=O) groups is 1. The lowest BCUT2D eigenvalue weighted by atomic mass is 9.73. The molecule has 8 heteroatoms. The van der Waals surface area contributed by atoms with E-state index in [0.717, 1.165) is 39.3 Å². The average Bonchev–Trinajstić information content (AvgIpc) is 2.91. The van der Waals surface area contributed by atoms with Crippen molar-refractivity contribution in [3.63, 3.8) is 0 Å². The fraction of sp³-hybridized carbons (Fsp3) is 0.250. The maximum atomic E-state index is 13.6. The SMILES string of the molecule is Cc1cc(COc2ccc(Cl)cc2C)c(C)c(C2C(C#N)=C(N)N(c3ccc(Cl)c(Cl)c3)C3=C2C(=O)CCC3)c1. The number of carbonyl (C=O) groups excluding carboxylic acids is 1. The summed E-state index contributed by atoms with van der Waals surface area (Å²) in [4.78, 5) is 15.4. The molecule has 1 atom stereocenters. The molecule has 204 valence electrons. The van der Waals surface area contributed by atoms with Gasteiger partial charge in [-0.3, -0.25) is 9.69 Å². The molecular weight excluding hydrogens is 565 g/mol. The van der Waals surface area contributed by atoms with E-state index >= 15 is 0 Å². The van der Waals surface area contributed by atoms with Crippen LogP contribution in [0.1, 0.15) is 53.0 Å². The Kier molecular flexibility index (Phi) is 7.88. The molecule has 0 amide bonds. The molecule has 0 saturated heterocycles. The van der Waals surface area contributed by atoms with Crippen molar-refractivity contribution in [1.29, 1.82) is 5.26 Å². The molecule has 0 fully saturated rings. The number of allylic oxidation sites excluding steroid dienone is 3. The topological polar surface area (TPSA) is 79.3 Å². The molecule has 0 saturated carbocycles. The van der Waals surface area contributed by atoms with Crippen LogP contribution in [0.4, 0.5) is 5.69 Å². The number of halogens is 3. The minimum atomic E-state index is -0.581. The zero-order valence-corrected chi connectivity index (χ0v) is 24.7. The van der Waals surface area contributed by atoms with Crippen molar-refractivity contribution >= 4 is 46.3 Å². The lowest BCUT2D eigenvalue weighted by molar-refractivity contribution is -0.116. The number of ketones is 1. The van der Waals surface area contributed by atoms with Gasteiger partial charge in [0.2, 0.25) is 0 Å². The highest BCUT2D eigenvalue weighted by Gasteiger charge is 2.41. The normalized spacial score (nSPS) is 17.2. The molecule has 0 spiro atoms. The summed E-state index contributed by atoms with van der Waals surface area (Å²) in [6, 6.07) is 17.2. The Hall–Kier alpha value is -3.43. The number of hydrogen-bond donors (Lipinski definition) is 1. The van der Waals surface area contributed by atoms with Crippen LogP contribution in [-0.4, -0.2) is 5.78 Å². The van der Waals surface area contributed by atoms with Crippen LogP contribution >= 0.6 is 34.8 Å². The summed E-state index contributed by atoms with van der Waals surface area (Å²) in [5, 5.41) is 11.9. The average molecular weight is 593 g/mol. The van der Waals surface area contributed by atoms with E-state index in [1.807, 2.05) is 39.0 Å². The minimum Gasteiger partial charge on any atom is -0.489 e. The molecule has 1 aliphatic carbocycles. The van der Waals surface area contributed by atoms with Gasteiger partial charge < -0.3 is 10.5 Å². The van der Waals surface area contributed by atoms with Gasteiger partial charge in [0.05, 0.1) is 27.6 Å². The number of Topliss-reactive ketones (excluding diaryl/α,β-unsaturated/α-hetero) is 1. The Morgan fingerprint density at radius 3 is 2.50 bits per heavy atom. The lowest BCUT2D eigenvalue weighted by Crippen LogP contribution is -2.39. The van der Waals surface area contributed by atoms with Crippen molar-refractivity contribution in [2.45, 2.75) is 52.6 Å². The van der Waals surface area contributed by atoms with Gasteiger partial charge in [0, 0.05) is 28.4 Å². The molecule has 2 aliphatic rings. The van der Waals surface area contributed by atoms with Crippen LogP contribution in [-0.2, 0) is 11.4 Å². The Balaban J connectivity index is 1.63. The van der Waals surface area contributed by atoms with Gasteiger partial charge in [-0.1, -0.05) is 52.5 Å². The number of hydrogen-bond acceptors (Lipinski definition) is 5. The minimum absolute atomic E-state index is 0.0204. The molecule has 0 bridgehead atoms. The first-order valence-electron chi connectivity index (χ1n) is 13.0. The zero-order chi connectivity index (χ0) is 28.7. The monoisotopic (exact) mass is 591 g/mol. The standard InChI is InChI=1S/C32H28Cl3N3O2/c1-17-11-20(16-40-29-10-7-21(33)13-18(29)2)19(3)23(12-17)30-24(15-36)32(37)38(22-8-9-25(34)26(35)14-22)27-5-4-6-28(39)31(27)30/h7-14,30H,4-6,16,37H2,1-3H3. The smallest absolute Gasteiger partial charge is 0.161 e. The maximum Gasteiger partial charge on any atom is 0.161 e. The summed E-state index contributed by atoms with van der Waals surface area (Å²) in [5.74, 6) is 0.473. The van der Waals surface area contributed by atoms with Crippen molar-refractivity contribution in [3.05, 3.63) is 114 Å². The number of anilines is 1. The number of rotatable bonds is 5. The van der Waals surface area contributed by atoms with Crippen molar-refractivity contribution < 1.29 is 9.53 Å². The first kappa shape index (κ1) is 28.1. The molecule has 1 unspecified atom stereocenters. The van der Waals surface area contributed by atoms with Gasteiger partial charge >= 0.3 is 0 Å². The highest BCUT2D eigenvalue weighted by Crippen LogP contribution is 2.48. The molecule has 2 N–H and O–H groups in total. The second-order valence-corrected chi connectivity index (χ2v) is 11.5. The molecular formula is C32H28Cl3N3O2. The summed E-state index contributed by atoms with van der Waals surface area (Å²) in [7, 11) is 0. The molecule has 3 aromatic rings. The summed E-state index contributed by atoms with van der Waals surface area (Å²) in [6.45, 7) is 6.28. The van der Waals surface area contributed by atoms with Crippen LogP contribution in [0.25, 0.3) is 0 Å². The van der Waals surface area contributed by atoms with Crippen molar-refractivity contribution in [1.82, 2.24) is 0 Å². The first-order valence-corrected chi connectivity index (χ1v) is 14.1. The number of ether oxygens (including phenoxy) is 1. The van der Waals surface area contributed by atoms with Crippen LogP contribution in [0.15, 0.2) is 71.2 Å². The second-order valence-electron chi connectivity index (χ2n) is 10.3. The van der Waals surface area contributed by atoms with Crippen molar-refractivity contribution in [2.75, 3.05) is 4.90 Å². The van der Waals surface area contributed by atoms with E-state index in [9.17, 15) is 10.1 Å². The number of nitrogens with two attached hydrogens (primary N) is 1. The summed E-state index contributed by atoms with van der Waals surface area (Å²) < 4.78 is 6.18. The maximum absolute atomic E-state index is 13.6. The van der Waals surface area contributed by atoms with Crippen LogP contribution in [0.3, 0.4) is 0 Å². The number of aryl methyl sites for hydroxylation is 2. The van der Waals surface area contributed by atoms with Crippen LogP contribution in [0.5, 0.6) is 5.75 Å². The predicted octanol–water partition coefficient (Wildman–Crippen LogP) is 8.46. The summed E-state index contributed by atoms with van der Waals surface area (Å²) in [6.07, 6.45) is 1.76. The molecule has 40 heavy (non-hydrogen) atoms. The molecule has 5 nitrogen and oxygen atoms in total. The number of benzene rings is 3. The third-order valence-electron chi connectivity index (χ3n) is 7.61. The molecule has 0 radical (unpaired) electrons. The van der Waals surface area contributed by atoms with Gasteiger partial charge in [-0.05, 0) is 92.3 Å². The van der Waals surface area contributed by atoms with E-state index in [-0.39, 0.29) is 11.6 Å². The van der Waals surface area contributed by atoms with Gasteiger partial charge in [-0.25, -0.2) is 0 Å². The summed E-state index contributed by atoms with van der Waals surface area (Å²) >= 11 is 18.6. The Morgan fingerprint density at radius 2 is 1.80 bits per heavy atom. The van der Waals surface area contributed by atoms with Crippen LogP contribution in [0, 0.1) is 32.1 Å². The summed E-state index contributed by atoms with van der Waals surface area (Å²) in [5.41, 5.74) is 13.9. The lowest BCUT2D eigenvalue weighted by Gasteiger charge is -2.40. The first-order chi connectivity index (χ1) is 19.1. The van der Waals surface area contributed by atoms with E-state index in [2.05, 4.69) is 12.1 Å². The number of nitrogens with zero attached hydrogens (tertiary/aromatic N) is 2. The van der Waals surface area contributed by atoms with E-state index < -0.39 is 5.92 Å². The highest BCUT2D eigenvalue weighted by atomic mass is 35.5. The molecule has 1 aliphatic heterocycles. The van der Waals surface area contributed by atoms with Crippen LogP contribution in [0.2, 0.25) is 15.1 Å². The predicted molar refractivity (Wildman–Crippen MR) is 161 cm³/mol. The Labute approximate surface area is 249 Å². The van der Waals surface area contributed by atoms with Gasteiger partial charge in [0.25, 0.3) is 0 Å². The van der Waals surface area contributed by atoms with Crippen LogP contribution < -0.4 is 15.4 Å². The fourth-order valence-electron chi connectivity index (χ4n) is 5.66. The van der Waals surface area contributed by atoms with Gasteiger partial charge in [-0.15, -0.1) is 0 Å². The Bertz CT molecular complexity index is 1650. The molecule has 5 rings (SSSR count). The second kappa shape index (κ2) is 11.2. The van der Waals surface area contributed by atoms with Gasteiger partial charge in [-0.2, -0.15) is 5.26 Å². The zero-order valence-electron chi connectivity index (χ0n) is 22.4.